The van der Waals surface area contributed by atoms with Crippen molar-refractivity contribution in [2.24, 2.45) is 16.6 Å². The number of nitrogens with two attached hydrogens (primary N) is 1. The van der Waals surface area contributed by atoms with E-state index in [-0.39, 0.29) is 11.9 Å². The van der Waals surface area contributed by atoms with Crippen LogP contribution in [0.1, 0.15) is 30.4 Å². The number of ether oxygens (including phenoxy) is 1. The van der Waals surface area contributed by atoms with Gasteiger partial charge in [-0.3, -0.25) is 19.6 Å². The lowest BCUT2D eigenvalue weighted by Gasteiger charge is -2.45. The summed E-state index contributed by atoms with van der Waals surface area (Å²) in [5.74, 6) is 1.23. The first kappa shape index (κ1) is 25.9. The number of nitrogens with zero attached hydrogens (tertiary/aromatic N) is 7. The average Bonchev–Trinajstić information content (AvgIpc) is 3.31. The Morgan fingerprint density at radius 1 is 1.24 bits per heavy atom. The number of fused-ring (bicyclic) bond motifs is 1. The van der Waals surface area contributed by atoms with Gasteiger partial charge in [-0.05, 0) is 32.0 Å². The van der Waals surface area contributed by atoms with Crippen LogP contribution in [0.2, 0.25) is 0 Å². The largest absolute Gasteiger partial charge is 0.494 e. The van der Waals surface area contributed by atoms with Gasteiger partial charge < -0.3 is 15.4 Å². The molecule has 5 rings (SSSR count). The van der Waals surface area contributed by atoms with Gasteiger partial charge in [0.1, 0.15) is 22.9 Å². The van der Waals surface area contributed by atoms with Crippen LogP contribution < -0.4 is 10.5 Å². The first-order valence-corrected chi connectivity index (χ1v) is 13.4. The Morgan fingerprint density at radius 2 is 2.03 bits per heavy atom. The van der Waals surface area contributed by atoms with Gasteiger partial charge in [0.25, 0.3) is 0 Å². The number of carbonyl (C=O) groups is 1. The zero-order valence-electron chi connectivity index (χ0n) is 22.0. The number of allylic oxidation sites excluding steroid dienone is 1. The van der Waals surface area contributed by atoms with Gasteiger partial charge in [0.05, 0.1) is 19.3 Å². The molecule has 0 unspecified atom stereocenters. The summed E-state index contributed by atoms with van der Waals surface area (Å²) in [6, 6.07) is 4.21. The fourth-order valence-corrected chi connectivity index (χ4v) is 5.45. The van der Waals surface area contributed by atoms with Crippen LogP contribution in [0.4, 0.5) is 0 Å². The van der Waals surface area contributed by atoms with Crippen molar-refractivity contribution in [1.29, 1.82) is 5.26 Å². The van der Waals surface area contributed by atoms with E-state index in [0.29, 0.717) is 22.7 Å². The molecule has 0 atom stereocenters. The molecule has 3 aliphatic rings. The second-order valence-corrected chi connectivity index (χ2v) is 10.4. The third-order valence-corrected chi connectivity index (χ3v) is 7.65. The molecule has 2 aromatic rings. The summed E-state index contributed by atoms with van der Waals surface area (Å²) in [5, 5.41) is 13.6. The molecule has 2 N–H and O–H groups in total. The highest BCUT2D eigenvalue weighted by molar-refractivity contribution is 6.10. The number of likely N-dealkylation sites (tertiary alicyclic amines) is 3. The van der Waals surface area contributed by atoms with E-state index in [0.717, 1.165) is 63.5 Å². The highest BCUT2D eigenvalue weighted by Gasteiger charge is 2.34. The zero-order chi connectivity index (χ0) is 26.5. The van der Waals surface area contributed by atoms with Crippen LogP contribution in [0.15, 0.2) is 41.8 Å². The van der Waals surface area contributed by atoms with Gasteiger partial charge in [-0.15, -0.1) is 0 Å². The van der Waals surface area contributed by atoms with Crippen molar-refractivity contribution >= 4 is 23.2 Å². The van der Waals surface area contributed by atoms with Crippen LogP contribution >= 0.6 is 0 Å². The summed E-state index contributed by atoms with van der Waals surface area (Å²) in [4.78, 5) is 23.9. The highest BCUT2D eigenvalue weighted by atomic mass is 16.5. The topological polar surface area (TPSA) is 115 Å². The molecule has 38 heavy (non-hydrogen) atoms. The lowest BCUT2D eigenvalue weighted by molar-refractivity contribution is -0.132. The quantitative estimate of drug-likeness (QED) is 0.399. The molecule has 200 valence electrons. The Hall–Kier alpha value is -3.68. The number of nitriles is 1. The van der Waals surface area contributed by atoms with Gasteiger partial charge in [-0.1, -0.05) is 12.5 Å². The van der Waals surface area contributed by atoms with Crippen LogP contribution in [0.3, 0.4) is 0 Å². The van der Waals surface area contributed by atoms with Crippen LogP contribution in [0.5, 0.6) is 5.75 Å². The number of hydrogen-bond acceptors (Lipinski definition) is 8. The lowest BCUT2D eigenvalue weighted by Crippen LogP contribution is -2.58. The number of carbonyl (C=O) groups excluding carboxylic acids is 1. The number of aromatic nitrogens is 2. The molecule has 3 fully saturated rings. The van der Waals surface area contributed by atoms with E-state index in [1.807, 2.05) is 23.2 Å². The summed E-state index contributed by atoms with van der Waals surface area (Å²) >= 11 is 0. The number of rotatable bonds is 9. The molecule has 10 heteroatoms. The standard InChI is InChI=1S/C28H36N8O2/c1-38-26-10-22(18-36-28(26)24(12-30)14-32-36)23(11-29)13-31-25-19-34(20-25)15-21-16-35(17-21)27(37)6-5-9-33-7-3-2-4-8-33/h5-6,10-11,13-14,18,21,25H,2-4,7-9,15-17,19-20,29H2,1H3/b6-5+,23-11+,31-13?. The Bertz CT molecular complexity index is 1270. The molecule has 0 aromatic carbocycles. The molecule has 5 heterocycles. The Balaban J connectivity index is 1.05. The number of amides is 1. The molecule has 10 nitrogen and oxygen atoms in total. The predicted octanol–water partition coefficient (Wildman–Crippen LogP) is 1.77. The van der Waals surface area contributed by atoms with E-state index in [1.54, 1.807) is 23.9 Å². The van der Waals surface area contributed by atoms with Crippen LogP contribution in [0.25, 0.3) is 11.1 Å². The highest BCUT2D eigenvalue weighted by Crippen LogP contribution is 2.27. The monoisotopic (exact) mass is 516 g/mol. The molecular formula is C28H36N8O2. The molecule has 0 spiro atoms. The minimum absolute atomic E-state index is 0.138. The van der Waals surface area contributed by atoms with Crippen molar-refractivity contribution in [2.45, 2.75) is 25.3 Å². The maximum atomic E-state index is 12.4. The van der Waals surface area contributed by atoms with Gasteiger partial charge in [0.2, 0.25) is 5.91 Å². The zero-order valence-corrected chi connectivity index (χ0v) is 22.0. The summed E-state index contributed by atoms with van der Waals surface area (Å²) in [6.45, 7) is 7.66. The molecule has 1 amide bonds. The van der Waals surface area contributed by atoms with E-state index in [4.69, 9.17) is 15.5 Å². The Morgan fingerprint density at radius 3 is 2.74 bits per heavy atom. The van der Waals surface area contributed by atoms with Crippen molar-refractivity contribution in [2.75, 3.05) is 59.5 Å². The molecule has 3 saturated heterocycles. The van der Waals surface area contributed by atoms with Gasteiger partial charge in [-0.2, -0.15) is 10.4 Å². The maximum absolute atomic E-state index is 12.4. The van der Waals surface area contributed by atoms with Gasteiger partial charge >= 0.3 is 0 Å². The minimum Gasteiger partial charge on any atom is -0.494 e. The fraction of sp³-hybridized carbons (Fsp3) is 0.500. The van der Waals surface area contributed by atoms with Crippen molar-refractivity contribution in [3.05, 3.63) is 47.9 Å². The van der Waals surface area contributed by atoms with Crippen molar-refractivity contribution in [3.8, 4) is 11.8 Å². The summed E-state index contributed by atoms with van der Waals surface area (Å²) in [5.41, 5.74) is 8.58. The number of hydrogen-bond donors (Lipinski definition) is 1. The third kappa shape index (κ3) is 5.74. The van der Waals surface area contributed by atoms with Crippen molar-refractivity contribution in [3.63, 3.8) is 0 Å². The lowest BCUT2D eigenvalue weighted by atomic mass is 9.96. The first-order valence-electron chi connectivity index (χ1n) is 13.4. The second-order valence-electron chi connectivity index (χ2n) is 10.4. The summed E-state index contributed by atoms with van der Waals surface area (Å²) in [6.07, 6.45) is 14.3. The maximum Gasteiger partial charge on any atom is 0.246 e. The van der Waals surface area contributed by atoms with E-state index in [2.05, 4.69) is 21.0 Å². The molecule has 0 aliphatic carbocycles. The number of aliphatic imine (C=N–C) groups is 1. The molecule has 0 radical (unpaired) electrons. The number of pyridine rings is 1. The molecule has 3 aliphatic heterocycles. The minimum atomic E-state index is 0.138. The molecule has 0 saturated carbocycles. The van der Waals surface area contributed by atoms with Crippen LogP contribution in [-0.2, 0) is 4.79 Å². The molecule has 2 aromatic heterocycles. The smallest absolute Gasteiger partial charge is 0.246 e. The third-order valence-electron chi connectivity index (χ3n) is 7.65. The van der Waals surface area contributed by atoms with E-state index < -0.39 is 0 Å². The normalized spacial score (nSPS) is 20.2. The Kier molecular flexibility index (Phi) is 8.05. The van der Waals surface area contributed by atoms with E-state index in [1.165, 1.54) is 31.7 Å². The molecule has 0 bridgehead atoms. The first-order chi connectivity index (χ1) is 18.6. The van der Waals surface area contributed by atoms with Gasteiger partial charge in [-0.25, -0.2) is 4.52 Å². The van der Waals surface area contributed by atoms with Gasteiger partial charge in [0, 0.05) is 81.0 Å². The molecular weight excluding hydrogens is 480 g/mol. The van der Waals surface area contributed by atoms with Crippen molar-refractivity contribution in [1.82, 2.24) is 24.3 Å². The number of methoxy groups -OCH3 is 1. The second kappa shape index (κ2) is 11.8. The fourth-order valence-electron chi connectivity index (χ4n) is 5.45. The predicted molar refractivity (Wildman–Crippen MR) is 147 cm³/mol. The summed E-state index contributed by atoms with van der Waals surface area (Å²) in [7, 11) is 1.57. The average molecular weight is 517 g/mol. The van der Waals surface area contributed by atoms with Crippen molar-refractivity contribution < 1.29 is 9.53 Å². The Labute approximate surface area is 223 Å². The number of piperidine rings is 1. The van der Waals surface area contributed by atoms with Crippen LogP contribution in [0, 0.1) is 17.2 Å². The SMILES string of the molecule is COc1cc(/C(C=NC2CN(CC3CN(C(=O)/C=C/CN4CCCCC4)C3)C2)=C/N)cn2ncc(C#N)c12. The van der Waals surface area contributed by atoms with E-state index in [9.17, 15) is 10.1 Å². The summed E-state index contributed by atoms with van der Waals surface area (Å²) < 4.78 is 7.13. The van der Waals surface area contributed by atoms with Crippen LogP contribution in [-0.4, -0.2) is 102 Å². The van der Waals surface area contributed by atoms with Gasteiger partial charge in [0.15, 0.2) is 0 Å². The van der Waals surface area contributed by atoms with E-state index >= 15 is 0 Å².